The number of nitro benzene ring substituents is 2. The summed E-state index contributed by atoms with van der Waals surface area (Å²) in [6.45, 7) is 0. The van der Waals surface area contributed by atoms with Crippen LogP contribution in [0.15, 0.2) is 179 Å². The number of aromatic nitrogens is 8. The summed E-state index contributed by atoms with van der Waals surface area (Å²) in [5.74, 6) is -3.15. The summed E-state index contributed by atoms with van der Waals surface area (Å²) in [5.41, 5.74) is 0.824. The van der Waals surface area contributed by atoms with Gasteiger partial charge in [-0.3, -0.25) is 39.4 Å². The molecule has 4 N–H and O–H groups in total. The molecular weight excluding hydrogens is 1180 g/mol. The molecule has 4 heterocycles. The van der Waals surface area contributed by atoms with Crippen LogP contribution in [0.1, 0.15) is 52.8 Å². The van der Waals surface area contributed by atoms with E-state index < -0.39 is 62.0 Å². The molecule has 0 saturated carbocycles. The van der Waals surface area contributed by atoms with E-state index >= 15 is 0 Å². The number of rotatable bonds is 16. The smallest absolute Gasteiger partial charge is 0.389 e. The van der Waals surface area contributed by atoms with Crippen molar-refractivity contribution in [3.05, 3.63) is 234 Å². The number of benzene rings is 6. The Morgan fingerprint density at radius 1 is 0.481 bits per heavy atom. The molecule has 1 radical (unpaired) electrons. The van der Waals surface area contributed by atoms with Gasteiger partial charge in [0.05, 0.1) is 43.7 Å². The van der Waals surface area contributed by atoms with Crippen LogP contribution in [0.5, 0.6) is 0 Å². The number of nitro groups is 2. The molecule has 0 spiro atoms. The van der Waals surface area contributed by atoms with Crippen molar-refractivity contribution in [3.8, 4) is 33.9 Å². The molecule has 0 atom stereocenters. The Bertz CT molecular complexity index is 4020. The number of non-ortho nitro benzene ring substituents is 2. The molecule has 0 fully saturated rings. The Balaban J connectivity index is 0.000000210. The predicted molar refractivity (Wildman–Crippen MR) is 288 cm³/mol. The Kier molecular flexibility index (Phi) is 17.1. The molecule has 10 aromatic rings. The standard InChI is InChI=1S/2C25H17N7O6S2.Co/c2*26-40(37,38)25-29-28-24(39-25)27-23(34)20-19(22(33)16-10-5-2-6-11-16)21(15-8-3-1-4-9-15)31(30-20)17-12-7-13-18(14-17)32(35)36;/h2*1-14H,(H3,26,27,28,34,37,38);/q;;+2/p-2. The molecule has 81 heavy (non-hydrogen) atoms. The fraction of sp³-hybridized carbons (Fsp3) is 0. The number of hydrogen-bond acceptors (Lipinski definition) is 20. The van der Waals surface area contributed by atoms with Crippen molar-refractivity contribution >= 4 is 87.7 Å². The molecule has 0 aliphatic heterocycles. The Hall–Kier alpha value is -9.73. The molecule has 26 nitrogen and oxygen atoms in total. The molecular formula is C50H32CoN14O12S4. The normalized spacial score (nSPS) is 11.1. The molecule has 407 valence electrons. The average Bonchev–Trinajstić information content (AvgIpc) is 4.50. The van der Waals surface area contributed by atoms with Gasteiger partial charge in [-0.05, 0) is 12.1 Å². The van der Waals surface area contributed by atoms with Crippen LogP contribution in [-0.2, 0) is 36.8 Å². The van der Waals surface area contributed by atoms with Gasteiger partial charge in [-0.2, -0.15) is 10.2 Å². The molecule has 0 aliphatic carbocycles. The van der Waals surface area contributed by atoms with E-state index in [1.54, 1.807) is 121 Å². The van der Waals surface area contributed by atoms with E-state index in [9.17, 15) is 56.2 Å². The summed E-state index contributed by atoms with van der Waals surface area (Å²) in [4.78, 5) is 76.6. The maximum Gasteiger partial charge on any atom is 2.00 e. The summed E-state index contributed by atoms with van der Waals surface area (Å²) < 4.78 is 47.8. The third-order valence-corrected chi connectivity index (χ3v) is 15.3. The van der Waals surface area contributed by atoms with Crippen LogP contribution in [0.25, 0.3) is 44.5 Å². The third kappa shape index (κ3) is 12.7. The van der Waals surface area contributed by atoms with Crippen molar-refractivity contribution in [2.24, 2.45) is 10.3 Å². The van der Waals surface area contributed by atoms with Gasteiger partial charge in [0, 0.05) is 56.8 Å². The summed E-state index contributed by atoms with van der Waals surface area (Å²) in [5, 5.41) is 63.0. The van der Waals surface area contributed by atoms with Gasteiger partial charge < -0.3 is 20.8 Å². The van der Waals surface area contributed by atoms with Crippen molar-refractivity contribution in [2.75, 3.05) is 0 Å². The first kappa shape index (κ1) is 57.4. The van der Waals surface area contributed by atoms with Gasteiger partial charge in [0.25, 0.3) is 31.4 Å². The summed E-state index contributed by atoms with van der Waals surface area (Å²) >= 11 is 0.930. The maximum atomic E-state index is 13.9. The number of ketones is 2. The average molecular weight is 1210 g/mol. The number of carbonyl (C=O) groups excluding carboxylic acids is 4. The quantitative estimate of drug-likeness (QED) is 0.0400. The topological polar surface area (TPSA) is 390 Å². The SMILES string of the molecule is NS(=O)(=O)c1nnc([N-]C(=O)c2nn(-c3cccc([N+](=O)[O-])c3)c(-c3ccccc3)c2C(=O)c2ccccc2)s1.NS(=O)(=O)c1nnc([N-]C(=O)c2nn(-c3cccc([N+](=O)[O-])c3)c(-c3ccccc3)c2C(=O)c2ccccc2)s1.[Co+2]. The molecule has 4 aromatic heterocycles. The number of sulfonamides is 2. The molecule has 31 heteroatoms. The monoisotopic (exact) mass is 1210 g/mol. The Morgan fingerprint density at radius 3 is 1.12 bits per heavy atom. The Morgan fingerprint density at radius 2 is 0.815 bits per heavy atom. The van der Waals surface area contributed by atoms with Gasteiger partial charge in [-0.1, -0.05) is 133 Å². The summed E-state index contributed by atoms with van der Waals surface area (Å²) in [7, 11) is -8.36. The van der Waals surface area contributed by atoms with E-state index in [4.69, 9.17) is 10.3 Å². The minimum absolute atomic E-state index is 0. The van der Waals surface area contributed by atoms with E-state index in [1.165, 1.54) is 57.9 Å². The first-order valence-corrected chi connectivity index (χ1v) is 27.3. The molecule has 0 bridgehead atoms. The second kappa shape index (κ2) is 24.1. The van der Waals surface area contributed by atoms with E-state index in [0.717, 1.165) is 0 Å². The summed E-state index contributed by atoms with van der Waals surface area (Å²) in [6, 6.07) is 44.6. The van der Waals surface area contributed by atoms with Gasteiger partial charge in [0.15, 0.2) is 23.4 Å². The van der Waals surface area contributed by atoms with Crippen LogP contribution in [0, 0.1) is 20.2 Å². The number of nitrogens with two attached hydrogens (primary N) is 2. The molecule has 2 amide bonds. The van der Waals surface area contributed by atoms with Crippen LogP contribution in [0.2, 0.25) is 0 Å². The summed E-state index contributed by atoms with van der Waals surface area (Å²) in [6.07, 6.45) is 0. The fourth-order valence-electron chi connectivity index (χ4n) is 7.61. The molecule has 10 rings (SSSR count). The minimum atomic E-state index is -4.18. The zero-order chi connectivity index (χ0) is 56.9. The van der Waals surface area contributed by atoms with Crippen molar-refractivity contribution in [1.29, 1.82) is 0 Å². The number of amides is 2. The molecule has 6 aromatic carbocycles. The van der Waals surface area contributed by atoms with Gasteiger partial charge in [-0.25, -0.2) is 46.7 Å². The number of hydrogen-bond donors (Lipinski definition) is 2. The van der Waals surface area contributed by atoms with E-state index in [0.29, 0.717) is 33.8 Å². The zero-order valence-corrected chi connectivity index (χ0v) is 44.9. The van der Waals surface area contributed by atoms with Crippen LogP contribution in [-0.4, -0.2) is 90.0 Å². The van der Waals surface area contributed by atoms with Crippen molar-refractivity contribution in [2.45, 2.75) is 8.68 Å². The molecule has 0 aliphatic rings. The van der Waals surface area contributed by atoms with Crippen LogP contribution in [0.3, 0.4) is 0 Å². The third-order valence-electron chi connectivity index (χ3n) is 11.0. The van der Waals surface area contributed by atoms with Crippen LogP contribution >= 0.6 is 22.7 Å². The second-order valence-electron chi connectivity index (χ2n) is 16.3. The number of carbonyl (C=O) groups is 4. The van der Waals surface area contributed by atoms with Gasteiger partial charge in [0.1, 0.15) is 11.4 Å². The van der Waals surface area contributed by atoms with E-state index in [2.05, 4.69) is 41.2 Å². The molecule has 0 saturated heterocycles. The van der Waals surface area contributed by atoms with Crippen LogP contribution < -0.4 is 10.3 Å². The molecule has 0 unspecified atom stereocenters. The van der Waals surface area contributed by atoms with E-state index in [1.807, 2.05) is 0 Å². The van der Waals surface area contributed by atoms with Gasteiger partial charge >= 0.3 is 16.8 Å². The van der Waals surface area contributed by atoms with Gasteiger partial charge in [-0.15, -0.1) is 22.7 Å². The van der Waals surface area contributed by atoms with E-state index in [-0.39, 0.29) is 94.8 Å². The predicted octanol–water partition coefficient (Wildman–Crippen LogP) is 8.04. The number of nitrogens with zero attached hydrogens (tertiary/aromatic N) is 12. The fourth-order valence-corrected chi connectivity index (χ4v) is 10.2. The van der Waals surface area contributed by atoms with Gasteiger partial charge in [0.2, 0.25) is 8.68 Å². The minimum Gasteiger partial charge on any atom is -0.389 e. The first-order chi connectivity index (χ1) is 38.3. The van der Waals surface area contributed by atoms with Crippen molar-refractivity contribution in [1.82, 2.24) is 40.0 Å². The Labute approximate surface area is 474 Å². The maximum absolute atomic E-state index is 13.9. The van der Waals surface area contributed by atoms with Crippen LogP contribution in [0.4, 0.5) is 21.6 Å². The second-order valence-corrected chi connectivity index (χ2v) is 21.7. The first-order valence-electron chi connectivity index (χ1n) is 22.6. The van der Waals surface area contributed by atoms with Crippen molar-refractivity contribution < 1.29 is 62.6 Å². The zero-order valence-electron chi connectivity index (χ0n) is 40.6. The number of primary sulfonamides is 2. The van der Waals surface area contributed by atoms with Crippen molar-refractivity contribution in [3.63, 3.8) is 0 Å². The largest absolute Gasteiger partial charge is 2.00 e.